The number of carbonyl (C=O) groups is 7. The zero-order valence-corrected chi connectivity index (χ0v) is 54.2. The number of aryl methyl sites for hydroxylation is 1. The number of amides is 6. The Bertz CT molecular complexity index is 3190. The van der Waals surface area contributed by atoms with E-state index in [2.05, 4.69) is 31.7 Å². The van der Waals surface area contributed by atoms with E-state index in [1.807, 2.05) is 97.9 Å². The fourth-order valence-corrected chi connectivity index (χ4v) is 10.4. The highest BCUT2D eigenvalue weighted by molar-refractivity contribution is 6.38. The molecule has 6 N–H and O–H groups in total. The number of hydrogen-bond acceptors (Lipinski definition) is 15. The van der Waals surface area contributed by atoms with Gasteiger partial charge in [0.25, 0.3) is 11.8 Å². The van der Waals surface area contributed by atoms with Gasteiger partial charge >= 0.3 is 18.1 Å². The van der Waals surface area contributed by atoms with Gasteiger partial charge in [-0.1, -0.05) is 141 Å². The third-order valence-electron chi connectivity index (χ3n) is 16.1. The van der Waals surface area contributed by atoms with E-state index in [4.69, 9.17) is 23.7 Å². The number of alkyl carbamates (subject to hydrolysis) is 1. The number of hydrazine groups is 1. The average Bonchev–Trinajstić information content (AvgIpc) is 3.68. The molecule has 0 saturated carbocycles. The van der Waals surface area contributed by atoms with Gasteiger partial charge in [-0.05, 0) is 114 Å². The Kier molecular flexibility index (Phi) is 25.7. The van der Waals surface area contributed by atoms with Crippen molar-refractivity contribution in [3.8, 4) is 28.5 Å². The lowest BCUT2D eigenvalue weighted by Crippen LogP contribution is -2.61. The second kappa shape index (κ2) is 32.8. The van der Waals surface area contributed by atoms with Crippen LogP contribution in [0.15, 0.2) is 121 Å². The molecule has 0 radical (unpaired) electrons. The fraction of sp³-hybridized carbons (Fsp3) is 0.478. The molecule has 21 heteroatoms. The van der Waals surface area contributed by atoms with Crippen LogP contribution in [0.5, 0.6) is 17.2 Å². The SMILES string of the molecule is CCC(C)(C)C(=O)C(=O)N1CCCC[C@H]1C(=O)O[C@H](CCc1ccc(OC)c(OC)c1)c1cccc(OCCNC(=O)NC(C(=O)NC(Cc2ccccc2)[C@@H](O)CN(Cc2ccc(-c3ccccn3)cc2)NC(=O)[C@@H](NC(=O)OC)C(C)(C)C)C(C)(C)C)c1. The number of ether oxygens (including phenoxy) is 5. The Morgan fingerprint density at radius 2 is 1.40 bits per heavy atom. The quantitative estimate of drug-likeness (QED) is 0.0113. The highest BCUT2D eigenvalue weighted by Crippen LogP contribution is 2.33. The predicted molar refractivity (Wildman–Crippen MR) is 342 cm³/mol. The number of esters is 1. The summed E-state index contributed by atoms with van der Waals surface area (Å²) in [6.45, 7) is 16.3. The van der Waals surface area contributed by atoms with Crippen LogP contribution in [0, 0.1) is 16.2 Å². The first-order valence-electron chi connectivity index (χ1n) is 30.7. The summed E-state index contributed by atoms with van der Waals surface area (Å²) < 4.78 is 28.3. The molecule has 2 unspecified atom stereocenters. The number of nitrogens with one attached hydrogen (secondary N) is 5. The molecule has 0 spiro atoms. The van der Waals surface area contributed by atoms with Gasteiger partial charge in [-0.2, -0.15) is 0 Å². The lowest BCUT2D eigenvalue weighted by molar-refractivity contribution is -0.164. The summed E-state index contributed by atoms with van der Waals surface area (Å²) in [5.41, 5.74) is 5.17. The maximum absolute atomic E-state index is 14.6. The van der Waals surface area contributed by atoms with Gasteiger partial charge in [0.2, 0.25) is 11.7 Å². The molecule has 4 aromatic carbocycles. The van der Waals surface area contributed by atoms with E-state index in [9.17, 15) is 38.7 Å². The molecule has 5 aromatic rings. The number of pyridine rings is 1. The first kappa shape index (κ1) is 70.5. The Hall–Kier alpha value is -8.56. The van der Waals surface area contributed by atoms with Crippen molar-refractivity contribution in [3.05, 3.63) is 144 Å². The van der Waals surface area contributed by atoms with Crippen LogP contribution in [0.2, 0.25) is 0 Å². The van der Waals surface area contributed by atoms with Crippen molar-refractivity contribution < 1.29 is 62.4 Å². The van der Waals surface area contributed by atoms with Crippen LogP contribution < -0.4 is 40.9 Å². The summed E-state index contributed by atoms with van der Waals surface area (Å²) in [7, 11) is 4.32. The Labute approximate surface area is 529 Å². The van der Waals surface area contributed by atoms with Gasteiger partial charge in [0.1, 0.15) is 36.6 Å². The monoisotopic (exact) mass is 1240 g/mol. The summed E-state index contributed by atoms with van der Waals surface area (Å²) in [4.78, 5) is 102. The number of likely N-dealkylation sites (tertiary alicyclic amines) is 1. The molecular formula is C69H92N8O13. The van der Waals surface area contributed by atoms with E-state index >= 15 is 0 Å². The molecule has 21 nitrogen and oxygen atoms in total. The highest BCUT2D eigenvalue weighted by atomic mass is 16.5. The van der Waals surface area contributed by atoms with E-state index in [-0.39, 0.29) is 39.2 Å². The summed E-state index contributed by atoms with van der Waals surface area (Å²) in [5, 5.41) is 25.2. The van der Waals surface area contributed by atoms with Crippen LogP contribution in [0.1, 0.15) is 123 Å². The summed E-state index contributed by atoms with van der Waals surface area (Å²) >= 11 is 0. The molecule has 6 amide bonds. The molecule has 1 aromatic heterocycles. The maximum Gasteiger partial charge on any atom is 0.407 e. The summed E-state index contributed by atoms with van der Waals surface area (Å²) in [6, 6.07) is 30.4. The van der Waals surface area contributed by atoms with Crippen molar-refractivity contribution >= 4 is 41.6 Å². The number of aromatic nitrogens is 1. The van der Waals surface area contributed by atoms with Crippen molar-refractivity contribution in [1.82, 2.24) is 41.6 Å². The number of carbonyl (C=O) groups excluding carboxylic acids is 7. The van der Waals surface area contributed by atoms with Crippen LogP contribution in [-0.4, -0.2) is 139 Å². The van der Waals surface area contributed by atoms with Crippen LogP contribution in [-0.2, 0) is 52.8 Å². The van der Waals surface area contributed by atoms with Gasteiger partial charge in [0, 0.05) is 36.8 Å². The van der Waals surface area contributed by atoms with E-state index in [1.165, 1.54) is 12.0 Å². The topological polar surface area (TPSA) is 265 Å². The number of nitrogens with zero attached hydrogens (tertiary/aromatic N) is 3. The fourth-order valence-electron chi connectivity index (χ4n) is 10.4. The van der Waals surface area contributed by atoms with Gasteiger partial charge in [-0.3, -0.25) is 29.6 Å². The third kappa shape index (κ3) is 20.5. The van der Waals surface area contributed by atoms with Crippen molar-refractivity contribution in [2.24, 2.45) is 16.2 Å². The second-order valence-electron chi connectivity index (χ2n) is 25.4. The number of aliphatic hydroxyl groups is 1. The number of rotatable bonds is 29. The van der Waals surface area contributed by atoms with E-state index < -0.39 is 94.2 Å². The van der Waals surface area contributed by atoms with Crippen molar-refractivity contribution in [1.29, 1.82) is 0 Å². The lowest BCUT2D eigenvalue weighted by Gasteiger charge is -2.36. The molecule has 2 heterocycles. The largest absolute Gasteiger partial charge is 0.493 e. The lowest BCUT2D eigenvalue weighted by atomic mass is 9.84. The van der Waals surface area contributed by atoms with E-state index in [1.54, 1.807) is 105 Å². The average molecular weight is 1240 g/mol. The zero-order chi connectivity index (χ0) is 65.8. The standard InChI is InChI=1S/C69H92N8O13/c1-13-69(8,9)60(79)63(82)77-38-20-18-27-53(77)64(83)90-55(34-30-46-31-35-56(86-10)57(41-46)87-11)49-24-21-25-50(42-49)89-39-37-71-65(84)73-58(67(2,3)4)61(80)72-52(40-45-22-15-14-16-23-45)54(78)44-76(75-62(81)59(68(5,6)7)74-66(85)88-12)43-47-28-32-48(33-29-47)51-26-17-19-36-70-51/h14-17,19,21-26,28-29,31-33,35-36,41-42,52-55,58-59,78H,13,18,20,27,30,34,37-40,43-44H2,1-12H3,(H,72,80)(H,74,85)(H,75,81)(H2,71,73,84)/t52?,53-,54-,55+,58?,59+/m0/s1. The van der Waals surface area contributed by atoms with Crippen LogP contribution >= 0.6 is 0 Å². The minimum atomic E-state index is -1.32. The van der Waals surface area contributed by atoms with Crippen LogP contribution in [0.25, 0.3) is 11.3 Å². The number of aliphatic hydroxyl groups excluding tert-OH is 1. The Balaban J connectivity index is 1.15. The molecule has 1 saturated heterocycles. The minimum absolute atomic E-state index is 0.00262. The molecule has 90 heavy (non-hydrogen) atoms. The normalized spacial score (nSPS) is 15.2. The summed E-state index contributed by atoms with van der Waals surface area (Å²) in [5.74, 6) is -1.46. The Morgan fingerprint density at radius 3 is 2.04 bits per heavy atom. The number of methoxy groups -OCH3 is 3. The highest BCUT2D eigenvalue weighted by Gasteiger charge is 2.42. The van der Waals surface area contributed by atoms with E-state index in [0.717, 1.165) is 27.9 Å². The first-order valence-corrected chi connectivity index (χ1v) is 30.7. The van der Waals surface area contributed by atoms with Gasteiger partial charge < -0.3 is 55.0 Å². The molecule has 1 aliphatic heterocycles. The summed E-state index contributed by atoms with van der Waals surface area (Å²) in [6.07, 6.45) is 1.89. The smallest absolute Gasteiger partial charge is 0.407 e. The number of ketones is 1. The van der Waals surface area contributed by atoms with Gasteiger partial charge in [-0.15, -0.1) is 0 Å². The second-order valence-corrected chi connectivity index (χ2v) is 25.4. The Morgan fingerprint density at radius 1 is 0.722 bits per heavy atom. The number of piperidine rings is 1. The van der Waals surface area contributed by atoms with Gasteiger partial charge in [0.05, 0.1) is 45.7 Å². The van der Waals surface area contributed by atoms with Crippen molar-refractivity contribution in [2.75, 3.05) is 47.6 Å². The number of urea groups is 1. The predicted octanol–water partition coefficient (Wildman–Crippen LogP) is 8.85. The third-order valence-corrected chi connectivity index (χ3v) is 16.1. The van der Waals surface area contributed by atoms with Crippen molar-refractivity contribution in [3.63, 3.8) is 0 Å². The van der Waals surface area contributed by atoms with Gasteiger partial charge in [-0.25, -0.2) is 19.4 Å². The van der Waals surface area contributed by atoms with Crippen molar-refractivity contribution in [2.45, 2.75) is 150 Å². The molecule has 1 aliphatic rings. The molecule has 6 atom stereocenters. The number of hydrogen-bond donors (Lipinski definition) is 6. The van der Waals surface area contributed by atoms with Crippen LogP contribution in [0.3, 0.4) is 0 Å². The minimum Gasteiger partial charge on any atom is -0.493 e. The number of Topliss-reactive ketones (excluding diaryl/α,β-unsaturated/α-hetero) is 1. The van der Waals surface area contributed by atoms with E-state index in [0.29, 0.717) is 61.3 Å². The zero-order valence-electron chi connectivity index (χ0n) is 54.2. The molecular weight excluding hydrogens is 1150 g/mol. The molecule has 0 aliphatic carbocycles. The van der Waals surface area contributed by atoms with Gasteiger partial charge in [0.15, 0.2) is 11.5 Å². The molecule has 486 valence electrons. The molecule has 6 rings (SSSR count). The van der Waals surface area contributed by atoms with Crippen LogP contribution in [0.4, 0.5) is 9.59 Å². The number of benzene rings is 4. The first-order chi connectivity index (χ1) is 42.7. The molecule has 0 bridgehead atoms. The molecule has 1 fully saturated rings. The maximum atomic E-state index is 14.6.